The Hall–Kier alpha value is -0.570. The molecule has 0 aromatic carbocycles. The van der Waals surface area contributed by atoms with E-state index in [9.17, 15) is 4.79 Å². The Kier molecular flexibility index (Phi) is 8.06. The quantitative estimate of drug-likeness (QED) is 0.686. The highest BCUT2D eigenvalue weighted by molar-refractivity contribution is 5.76. The Morgan fingerprint density at radius 3 is 2.44 bits per heavy atom. The first-order valence-corrected chi connectivity index (χ1v) is 7.75. The van der Waals surface area contributed by atoms with Gasteiger partial charge in [0.2, 0.25) is 5.91 Å². The second-order valence-corrected chi connectivity index (χ2v) is 5.65. The van der Waals surface area contributed by atoms with E-state index in [2.05, 4.69) is 12.2 Å². The predicted octanol–water partition coefficient (Wildman–Crippen LogP) is 2.98. The Morgan fingerprint density at radius 2 is 1.89 bits per heavy atom. The molecule has 3 nitrogen and oxygen atoms in total. The van der Waals surface area contributed by atoms with Gasteiger partial charge >= 0.3 is 0 Å². The number of hydrogen-bond donors (Lipinski definition) is 2. The van der Waals surface area contributed by atoms with Crippen LogP contribution < -0.4 is 11.1 Å². The van der Waals surface area contributed by atoms with Crippen molar-refractivity contribution in [1.29, 1.82) is 0 Å². The third kappa shape index (κ3) is 6.39. The summed E-state index contributed by atoms with van der Waals surface area (Å²) in [6.45, 7) is 2.92. The van der Waals surface area contributed by atoms with Crippen LogP contribution in [0.1, 0.15) is 71.1 Å². The van der Waals surface area contributed by atoms with Crippen molar-refractivity contribution in [1.82, 2.24) is 5.32 Å². The molecule has 0 bridgehead atoms. The maximum atomic E-state index is 11.9. The first-order chi connectivity index (χ1) is 8.76. The molecule has 1 atom stereocenters. The fraction of sp³-hybridized carbons (Fsp3) is 0.933. The second kappa shape index (κ2) is 9.37. The van der Waals surface area contributed by atoms with Gasteiger partial charge in [-0.3, -0.25) is 4.79 Å². The molecule has 0 heterocycles. The highest BCUT2D eigenvalue weighted by Gasteiger charge is 2.15. The van der Waals surface area contributed by atoms with Gasteiger partial charge in [0, 0.05) is 12.5 Å². The van der Waals surface area contributed by atoms with Gasteiger partial charge < -0.3 is 11.1 Å². The number of nitrogens with one attached hydrogen (secondary N) is 1. The summed E-state index contributed by atoms with van der Waals surface area (Å²) >= 11 is 0. The first-order valence-electron chi connectivity index (χ1n) is 7.75. The minimum atomic E-state index is 0.248. The van der Waals surface area contributed by atoms with E-state index in [1.807, 2.05) is 0 Å². The van der Waals surface area contributed by atoms with Gasteiger partial charge in [0.1, 0.15) is 0 Å². The molecule has 0 saturated heterocycles. The van der Waals surface area contributed by atoms with Crippen LogP contribution >= 0.6 is 0 Å². The maximum Gasteiger partial charge on any atom is 0.220 e. The van der Waals surface area contributed by atoms with Gasteiger partial charge in [-0.05, 0) is 38.1 Å². The fourth-order valence-electron chi connectivity index (χ4n) is 2.85. The summed E-state index contributed by atoms with van der Waals surface area (Å²) in [4.78, 5) is 11.9. The largest absolute Gasteiger partial charge is 0.353 e. The third-order valence-corrected chi connectivity index (χ3v) is 4.15. The zero-order chi connectivity index (χ0) is 13.2. The summed E-state index contributed by atoms with van der Waals surface area (Å²) in [5.74, 6) is 0.868. The molecule has 1 rings (SSSR count). The Balaban J connectivity index is 2.19. The molecular weight excluding hydrogens is 224 g/mol. The van der Waals surface area contributed by atoms with Crippen molar-refractivity contribution in [3.8, 4) is 0 Å². The number of carbonyl (C=O) groups excluding carboxylic acids is 1. The summed E-state index contributed by atoms with van der Waals surface area (Å²) in [5, 5.41) is 3.21. The van der Waals surface area contributed by atoms with Gasteiger partial charge in [-0.2, -0.15) is 0 Å². The average Bonchev–Trinajstić information content (AvgIpc) is 2.63. The van der Waals surface area contributed by atoms with Crippen molar-refractivity contribution in [3.05, 3.63) is 0 Å². The van der Waals surface area contributed by atoms with Crippen LogP contribution in [0.2, 0.25) is 0 Å². The number of nitrogens with two attached hydrogens (primary N) is 1. The van der Waals surface area contributed by atoms with Gasteiger partial charge in [-0.25, -0.2) is 0 Å². The van der Waals surface area contributed by atoms with Gasteiger partial charge in [0.05, 0.1) is 0 Å². The highest BCUT2D eigenvalue weighted by Crippen LogP contribution is 2.18. The summed E-state index contributed by atoms with van der Waals surface area (Å²) < 4.78 is 0. The van der Waals surface area contributed by atoms with Crippen molar-refractivity contribution < 1.29 is 4.79 Å². The average molecular weight is 254 g/mol. The lowest BCUT2D eigenvalue weighted by Crippen LogP contribution is -2.34. The lowest BCUT2D eigenvalue weighted by molar-refractivity contribution is -0.122. The van der Waals surface area contributed by atoms with E-state index in [-0.39, 0.29) is 5.91 Å². The van der Waals surface area contributed by atoms with E-state index in [4.69, 9.17) is 5.73 Å². The Labute approximate surface area is 112 Å². The second-order valence-electron chi connectivity index (χ2n) is 5.65. The Bertz CT molecular complexity index is 223. The van der Waals surface area contributed by atoms with Crippen LogP contribution in [-0.4, -0.2) is 18.5 Å². The normalized spacial score (nSPS) is 19.2. The summed E-state index contributed by atoms with van der Waals surface area (Å²) in [5.41, 5.74) is 5.58. The van der Waals surface area contributed by atoms with Gasteiger partial charge in [0.15, 0.2) is 0 Å². The van der Waals surface area contributed by atoms with Crippen LogP contribution in [0.5, 0.6) is 0 Å². The molecule has 1 fully saturated rings. The van der Waals surface area contributed by atoms with E-state index in [0.717, 1.165) is 25.8 Å². The van der Waals surface area contributed by atoms with E-state index < -0.39 is 0 Å². The molecule has 0 spiro atoms. The number of amides is 1. The van der Waals surface area contributed by atoms with Crippen LogP contribution in [0.3, 0.4) is 0 Å². The first kappa shape index (κ1) is 15.5. The molecule has 1 amide bonds. The van der Waals surface area contributed by atoms with E-state index in [0.29, 0.717) is 18.4 Å². The molecule has 0 aliphatic heterocycles. The van der Waals surface area contributed by atoms with Crippen molar-refractivity contribution in [3.63, 3.8) is 0 Å². The minimum absolute atomic E-state index is 0.248. The topological polar surface area (TPSA) is 55.1 Å². The Morgan fingerprint density at radius 1 is 1.22 bits per heavy atom. The lowest BCUT2D eigenvalue weighted by Gasteiger charge is -2.18. The molecule has 3 N–H and O–H groups in total. The van der Waals surface area contributed by atoms with Crippen LogP contribution in [0.25, 0.3) is 0 Å². The van der Waals surface area contributed by atoms with Gasteiger partial charge in [-0.15, -0.1) is 0 Å². The van der Waals surface area contributed by atoms with Crippen LogP contribution in [0, 0.1) is 5.92 Å². The molecule has 1 aliphatic rings. The standard InChI is InChI=1S/C15H30N2O/c1-2-13(11-12-16)9-10-15(18)17-14-7-5-3-4-6-8-14/h13-14H,2-12,16H2,1H3,(H,17,18). The van der Waals surface area contributed by atoms with Crippen molar-refractivity contribution in [2.24, 2.45) is 11.7 Å². The van der Waals surface area contributed by atoms with Gasteiger partial charge in [-0.1, -0.05) is 39.0 Å². The molecule has 1 unspecified atom stereocenters. The molecule has 0 aromatic rings. The highest BCUT2D eigenvalue weighted by atomic mass is 16.1. The molecule has 0 aromatic heterocycles. The van der Waals surface area contributed by atoms with E-state index >= 15 is 0 Å². The van der Waals surface area contributed by atoms with Crippen molar-refractivity contribution in [2.75, 3.05) is 6.54 Å². The minimum Gasteiger partial charge on any atom is -0.353 e. The predicted molar refractivity (Wildman–Crippen MR) is 76.3 cm³/mol. The molecule has 1 saturated carbocycles. The molecule has 1 aliphatic carbocycles. The molecule has 3 heteroatoms. The van der Waals surface area contributed by atoms with Crippen molar-refractivity contribution in [2.45, 2.75) is 77.2 Å². The van der Waals surface area contributed by atoms with Crippen molar-refractivity contribution >= 4 is 5.91 Å². The van der Waals surface area contributed by atoms with Crippen LogP contribution in [0.15, 0.2) is 0 Å². The third-order valence-electron chi connectivity index (χ3n) is 4.15. The molecule has 18 heavy (non-hydrogen) atoms. The monoisotopic (exact) mass is 254 g/mol. The summed E-state index contributed by atoms with van der Waals surface area (Å²) in [6.07, 6.45) is 11.4. The zero-order valence-electron chi connectivity index (χ0n) is 11.9. The van der Waals surface area contributed by atoms with Crippen LogP contribution in [-0.2, 0) is 4.79 Å². The maximum absolute atomic E-state index is 11.9. The molecule has 0 radical (unpaired) electrons. The fourth-order valence-corrected chi connectivity index (χ4v) is 2.85. The molecular formula is C15H30N2O. The SMILES string of the molecule is CCC(CCN)CCC(=O)NC1CCCCCC1. The molecule has 106 valence electrons. The number of carbonyl (C=O) groups is 1. The zero-order valence-corrected chi connectivity index (χ0v) is 11.9. The van der Waals surface area contributed by atoms with Crippen LogP contribution in [0.4, 0.5) is 0 Å². The smallest absolute Gasteiger partial charge is 0.220 e. The summed E-state index contributed by atoms with van der Waals surface area (Å²) in [7, 11) is 0. The van der Waals surface area contributed by atoms with Gasteiger partial charge in [0.25, 0.3) is 0 Å². The lowest BCUT2D eigenvalue weighted by atomic mass is 9.96. The summed E-state index contributed by atoms with van der Waals surface area (Å²) in [6, 6.07) is 0.439. The number of rotatable bonds is 7. The number of hydrogen-bond acceptors (Lipinski definition) is 2. The van der Waals surface area contributed by atoms with E-state index in [1.54, 1.807) is 0 Å². The van der Waals surface area contributed by atoms with E-state index in [1.165, 1.54) is 38.5 Å².